The van der Waals surface area contributed by atoms with E-state index in [1.165, 1.54) is 0 Å². The van der Waals surface area contributed by atoms with Gasteiger partial charge >= 0.3 is 0 Å². The average molecular weight is 300 g/mol. The number of benzene rings is 1. The molecule has 0 atom stereocenters. The van der Waals surface area contributed by atoms with E-state index in [0.29, 0.717) is 5.92 Å². The second kappa shape index (κ2) is 5.48. The number of nitrogens with two attached hydrogens (primary N) is 1. The highest BCUT2D eigenvalue weighted by Gasteiger charge is 2.14. The number of nitrogens with zero attached hydrogens (tertiary/aromatic N) is 3. The van der Waals surface area contributed by atoms with Crippen molar-refractivity contribution in [3.63, 3.8) is 0 Å². The summed E-state index contributed by atoms with van der Waals surface area (Å²) in [6.07, 6.45) is 0.930. The average Bonchev–Trinajstić information content (AvgIpc) is 2.99. The van der Waals surface area contributed by atoms with Crippen molar-refractivity contribution in [3.8, 4) is 0 Å². The molecule has 0 amide bonds. The van der Waals surface area contributed by atoms with Gasteiger partial charge in [0.2, 0.25) is 0 Å². The number of fused-ring (bicyclic) bond motifs is 1. The van der Waals surface area contributed by atoms with E-state index in [1.54, 1.807) is 11.3 Å². The van der Waals surface area contributed by atoms with Gasteiger partial charge in [0.1, 0.15) is 5.82 Å². The fourth-order valence-corrected chi connectivity index (χ4v) is 3.24. The maximum absolute atomic E-state index is 5.87. The summed E-state index contributed by atoms with van der Waals surface area (Å²) in [6.45, 7) is 7.29. The first kappa shape index (κ1) is 14.1. The first-order valence-electron chi connectivity index (χ1n) is 7.21. The first-order valence-corrected chi connectivity index (χ1v) is 8.09. The Kier molecular flexibility index (Phi) is 3.68. The molecule has 0 bridgehead atoms. The summed E-state index contributed by atoms with van der Waals surface area (Å²) in [4.78, 5) is 9.30. The van der Waals surface area contributed by atoms with Gasteiger partial charge in [0, 0.05) is 30.0 Å². The van der Waals surface area contributed by atoms with Gasteiger partial charge in [-0.15, -0.1) is 11.3 Å². The Hall–Kier alpha value is -1.88. The Morgan fingerprint density at radius 1 is 1.29 bits per heavy atom. The number of hydrogen-bond acceptors (Lipinski definition) is 4. The van der Waals surface area contributed by atoms with Gasteiger partial charge in [-0.1, -0.05) is 13.8 Å². The fraction of sp³-hybridized carbons (Fsp3) is 0.375. The monoisotopic (exact) mass is 300 g/mol. The lowest BCUT2D eigenvalue weighted by Crippen LogP contribution is -2.07. The van der Waals surface area contributed by atoms with Crippen molar-refractivity contribution in [2.45, 2.75) is 39.7 Å². The van der Waals surface area contributed by atoms with Gasteiger partial charge in [-0.05, 0) is 25.1 Å². The molecule has 21 heavy (non-hydrogen) atoms. The van der Waals surface area contributed by atoms with Crippen LogP contribution in [0.5, 0.6) is 0 Å². The van der Waals surface area contributed by atoms with Crippen molar-refractivity contribution >= 4 is 28.1 Å². The van der Waals surface area contributed by atoms with E-state index in [1.807, 2.05) is 19.1 Å². The Balaban J connectivity index is 1.97. The quantitative estimate of drug-likeness (QED) is 0.747. The molecule has 0 spiro atoms. The van der Waals surface area contributed by atoms with Crippen LogP contribution in [0.25, 0.3) is 11.0 Å². The summed E-state index contributed by atoms with van der Waals surface area (Å²) in [5.41, 5.74) is 9.92. The molecule has 3 aromatic rings. The molecule has 3 rings (SSSR count). The van der Waals surface area contributed by atoms with Crippen LogP contribution in [0, 0.1) is 6.92 Å². The number of thiazole rings is 1. The molecular weight excluding hydrogens is 280 g/mol. The highest BCUT2D eigenvalue weighted by molar-refractivity contribution is 7.09. The molecule has 0 saturated carbocycles. The highest BCUT2D eigenvalue weighted by atomic mass is 32.1. The van der Waals surface area contributed by atoms with Gasteiger partial charge in [-0.2, -0.15) is 0 Å². The molecule has 0 saturated heterocycles. The van der Waals surface area contributed by atoms with Gasteiger partial charge < -0.3 is 10.3 Å². The van der Waals surface area contributed by atoms with Crippen LogP contribution in [0.3, 0.4) is 0 Å². The summed E-state index contributed by atoms with van der Waals surface area (Å²) in [7, 11) is 0. The van der Waals surface area contributed by atoms with E-state index in [-0.39, 0.29) is 0 Å². The third-order valence-corrected chi connectivity index (χ3v) is 4.40. The second-order valence-corrected chi connectivity index (χ2v) is 6.69. The Morgan fingerprint density at radius 2 is 2.10 bits per heavy atom. The Bertz CT molecular complexity index is 770. The van der Waals surface area contributed by atoms with Crippen LogP contribution < -0.4 is 5.73 Å². The fourth-order valence-electron chi connectivity index (χ4n) is 2.59. The third-order valence-electron chi connectivity index (χ3n) is 3.58. The molecule has 4 nitrogen and oxygen atoms in total. The van der Waals surface area contributed by atoms with Crippen molar-refractivity contribution < 1.29 is 0 Å². The minimum atomic E-state index is 0.385. The van der Waals surface area contributed by atoms with E-state index in [4.69, 9.17) is 10.7 Å². The molecule has 2 heterocycles. The summed E-state index contributed by atoms with van der Waals surface area (Å²) in [6, 6.07) is 5.96. The lowest BCUT2D eigenvalue weighted by atomic mass is 10.2. The molecule has 0 aliphatic carbocycles. The molecular formula is C16H20N4S. The number of rotatable bonds is 4. The van der Waals surface area contributed by atoms with Crippen LogP contribution >= 0.6 is 11.3 Å². The number of aromatic nitrogens is 3. The lowest BCUT2D eigenvalue weighted by molar-refractivity contribution is 0.629. The molecule has 5 heteroatoms. The van der Waals surface area contributed by atoms with E-state index >= 15 is 0 Å². The zero-order valence-electron chi connectivity index (χ0n) is 12.6. The van der Waals surface area contributed by atoms with Crippen LogP contribution in [0.2, 0.25) is 0 Å². The maximum atomic E-state index is 5.87. The molecule has 0 aliphatic rings. The number of aryl methyl sites for hydroxylation is 3. The van der Waals surface area contributed by atoms with Gasteiger partial charge in [-0.25, -0.2) is 9.97 Å². The van der Waals surface area contributed by atoms with E-state index in [2.05, 4.69) is 34.8 Å². The minimum Gasteiger partial charge on any atom is -0.399 e. The molecule has 2 aromatic heterocycles. The maximum Gasteiger partial charge on any atom is 0.112 e. The summed E-state index contributed by atoms with van der Waals surface area (Å²) < 4.78 is 2.30. The number of nitrogen functional groups attached to an aromatic ring is 1. The molecule has 2 N–H and O–H groups in total. The first-order chi connectivity index (χ1) is 10.0. The van der Waals surface area contributed by atoms with E-state index < -0.39 is 0 Å². The van der Waals surface area contributed by atoms with Crippen molar-refractivity contribution in [1.82, 2.24) is 14.5 Å². The van der Waals surface area contributed by atoms with Gasteiger partial charge in [-0.3, -0.25) is 0 Å². The summed E-state index contributed by atoms with van der Waals surface area (Å²) >= 11 is 1.71. The largest absolute Gasteiger partial charge is 0.399 e. The number of imidazole rings is 1. The van der Waals surface area contributed by atoms with Gasteiger partial charge in [0.25, 0.3) is 0 Å². The minimum absolute atomic E-state index is 0.385. The summed E-state index contributed by atoms with van der Waals surface area (Å²) in [5, 5.41) is 3.26. The molecule has 0 unspecified atom stereocenters. The topological polar surface area (TPSA) is 56.7 Å². The van der Waals surface area contributed by atoms with Crippen LogP contribution in [-0.2, 0) is 13.0 Å². The van der Waals surface area contributed by atoms with E-state index in [0.717, 1.165) is 46.2 Å². The van der Waals surface area contributed by atoms with E-state index in [9.17, 15) is 0 Å². The van der Waals surface area contributed by atoms with Crippen molar-refractivity contribution in [3.05, 3.63) is 40.1 Å². The highest BCUT2D eigenvalue weighted by Crippen LogP contribution is 2.24. The lowest BCUT2D eigenvalue weighted by Gasteiger charge is -2.10. The SMILES string of the molecule is Cc1nc(CCn2c(C(C)C)nc3cc(N)ccc32)cs1. The predicted molar refractivity (Wildman–Crippen MR) is 88.8 cm³/mol. The normalized spacial score (nSPS) is 11.6. The molecule has 110 valence electrons. The number of anilines is 1. The van der Waals surface area contributed by atoms with Crippen LogP contribution in [-0.4, -0.2) is 14.5 Å². The predicted octanol–water partition coefficient (Wildman–Crippen LogP) is 3.75. The standard InChI is InChI=1S/C16H20N4S/c1-10(2)16-19-14-8-12(17)4-5-15(14)20(16)7-6-13-9-21-11(3)18-13/h4-5,8-10H,6-7,17H2,1-3H3. The molecule has 0 fully saturated rings. The van der Waals surface area contributed by atoms with Crippen molar-refractivity contribution in [2.75, 3.05) is 5.73 Å². The van der Waals surface area contributed by atoms with Crippen LogP contribution in [0.15, 0.2) is 23.6 Å². The Morgan fingerprint density at radius 3 is 2.76 bits per heavy atom. The zero-order chi connectivity index (χ0) is 15.0. The van der Waals surface area contributed by atoms with Gasteiger partial charge in [0.05, 0.1) is 21.7 Å². The zero-order valence-corrected chi connectivity index (χ0v) is 13.4. The molecule has 0 radical (unpaired) electrons. The third kappa shape index (κ3) is 2.78. The molecule has 1 aromatic carbocycles. The van der Waals surface area contributed by atoms with Crippen LogP contribution in [0.1, 0.15) is 36.3 Å². The Labute approximate surface area is 128 Å². The summed E-state index contributed by atoms with van der Waals surface area (Å²) in [5.74, 6) is 1.50. The van der Waals surface area contributed by atoms with Crippen molar-refractivity contribution in [2.24, 2.45) is 0 Å². The molecule has 0 aliphatic heterocycles. The smallest absolute Gasteiger partial charge is 0.112 e. The van der Waals surface area contributed by atoms with Crippen LogP contribution in [0.4, 0.5) is 5.69 Å². The number of hydrogen-bond donors (Lipinski definition) is 1. The van der Waals surface area contributed by atoms with Gasteiger partial charge in [0.15, 0.2) is 0 Å². The van der Waals surface area contributed by atoms with Crippen molar-refractivity contribution in [1.29, 1.82) is 0 Å². The second-order valence-electron chi connectivity index (χ2n) is 5.63.